The van der Waals surface area contributed by atoms with Crippen LogP contribution in [0.25, 0.3) is 0 Å². The number of hydrogen-bond donors (Lipinski definition) is 1. The Morgan fingerprint density at radius 2 is 2.21 bits per heavy atom. The van der Waals surface area contributed by atoms with Gasteiger partial charge in [-0.2, -0.15) is 0 Å². The van der Waals surface area contributed by atoms with Gasteiger partial charge in [-0.1, -0.05) is 6.92 Å². The van der Waals surface area contributed by atoms with Crippen molar-refractivity contribution in [1.29, 1.82) is 0 Å². The summed E-state index contributed by atoms with van der Waals surface area (Å²) in [6.07, 6.45) is 0.982. The number of nitrogens with zero attached hydrogens (tertiary/aromatic N) is 1. The van der Waals surface area contributed by atoms with E-state index in [0.29, 0.717) is 26.1 Å². The van der Waals surface area contributed by atoms with Crippen molar-refractivity contribution in [3.05, 3.63) is 0 Å². The quantitative estimate of drug-likeness (QED) is 0.721. The van der Waals surface area contributed by atoms with Gasteiger partial charge in [-0.05, 0) is 6.42 Å². The number of urea groups is 1. The van der Waals surface area contributed by atoms with Crippen LogP contribution in [0.2, 0.25) is 0 Å². The van der Waals surface area contributed by atoms with Crippen LogP contribution in [-0.4, -0.2) is 55.2 Å². The van der Waals surface area contributed by atoms with Crippen LogP contribution >= 0.6 is 0 Å². The Bertz CT molecular complexity index is 403. The van der Waals surface area contributed by atoms with Crippen LogP contribution in [0.15, 0.2) is 0 Å². The van der Waals surface area contributed by atoms with Crippen molar-refractivity contribution >= 4 is 17.8 Å². The van der Waals surface area contributed by atoms with Crippen molar-refractivity contribution in [2.24, 2.45) is 5.92 Å². The number of nitrogens with one attached hydrogen (secondary N) is 1. The summed E-state index contributed by atoms with van der Waals surface area (Å²) in [5.41, 5.74) is -0.661. The molecule has 0 aromatic carbocycles. The summed E-state index contributed by atoms with van der Waals surface area (Å²) in [7, 11) is 1.53. The number of methoxy groups -OCH3 is 1. The maximum absolute atomic E-state index is 12.2. The van der Waals surface area contributed by atoms with Gasteiger partial charge in [0.1, 0.15) is 11.5 Å². The lowest BCUT2D eigenvalue weighted by molar-refractivity contribution is -0.145. The number of ether oxygens (including phenoxy) is 2. The Morgan fingerprint density at radius 1 is 1.47 bits per heavy atom. The van der Waals surface area contributed by atoms with Crippen molar-refractivity contribution < 1.29 is 23.9 Å². The largest absolute Gasteiger partial charge is 0.378 e. The first-order chi connectivity index (χ1) is 9.03. The van der Waals surface area contributed by atoms with Gasteiger partial charge in [0.25, 0.3) is 0 Å². The number of rotatable bonds is 4. The van der Waals surface area contributed by atoms with E-state index in [9.17, 15) is 14.4 Å². The summed E-state index contributed by atoms with van der Waals surface area (Å²) in [5.74, 6) is -1.78. The number of carbonyl (C=O) groups excluding carboxylic acids is 3. The highest BCUT2D eigenvalue weighted by Crippen LogP contribution is 2.26. The number of carbonyl (C=O) groups is 3. The van der Waals surface area contributed by atoms with Gasteiger partial charge in [-0.25, -0.2) is 4.79 Å². The van der Waals surface area contributed by atoms with Crippen molar-refractivity contribution in [3.63, 3.8) is 0 Å². The molecule has 2 aliphatic rings. The fourth-order valence-corrected chi connectivity index (χ4v) is 2.40. The van der Waals surface area contributed by atoms with E-state index < -0.39 is 29.4 Å². The Kier molecular flexibility index (Phi) is 3.86. The highest BCUT2D eigenvalue weighted by Gasteiger charge is 2.45. The third-order valence-electron chi connectivity index (χ3n) is 3.71. The molecule has 0 bridgehead atoms. The smallest absolute Gasteiger partial charge is 0.330 e. The van der Waals surface area contributed by atoms with Crippen LogP contribution in [0.1, 0.15) is 19.8 Å². The molecule has 2 fully saturated rings. The van der Waals surface area contributed by atoms with E-state index in [1.807, 2.05) is 0 Å². The molecule has 4 amide bonds. The third-order valence-corrected chi connectivity index (χ3v) is 3.71. The van der Waals surface area contributed by atoms with Gasteiger partial charge >= 0.3 is 6.03 Å². The second-order valence-corrected chi connectivity index (χ2v) is 4.87. The normalized spacial score (nSPS) is 31.8. The predicted octanol–water partition coefficient (Wildman–Crippen LogP) is -0.103. The molecule has 2 heterocycles. The zero-order valence-corrected chi connectivity index (χ0v) is 11.1. The van der Waals surface area contributed by atoms with E-state index in [4.69, 9.17) is 9.47 Å². The second kappa shape index (κ2) is 5.26. The van der Waals surface area contributed by atoms with E-state index in [2.05, 4.69) is 5.32 Å². The molecule has 2 aliphatic heterocycles. The molecular weight excluding hydrogens is 252 g/mol. The van der Waals surface area contributed by atoms with Gasteiger partial charge in [0.15, 0.2) is 0 Å². The lowest BCUT2D eigenvalue weighted by atomic mass is 9.98. The molecule has 2 saturated heterocycles. The molecule has 2 unspecified atom stereocenters. The van der Waals surface area contributed by atoms with Crippen molar-refractivity contribution in [2.45, 2.75) is 25.4 Å². The number of hydrogen-bond acceptors (Lipinski definition) is 5. The summed E-state index contributed by atoms with van der Waals surface area (Å²) in [6.45, 7) is 2.72. The maximum atomic E-state index is 12.2. The van der Waals surface area contributed by atoms with Gasteiger partial charge in [-0.3, -0.25) is 19.8 Å². The summed E-state index contributed by atoms with van der Waals surface area (Å²) in [6, 6.07) is -0.678. The first kappa shape index (κ1) is 14.0. The van der Waals surface area contributed by atoms with Crippen LogP contribution in [-0.2, 0) is 19.1 Å². The van der Waals surface area contributed by atoms with Crippen molar-refractivity contribution in [1.82, 2.24) is 10.2 Å². The van der Waals surface area contributed by atoms with Crippen molar-refractivity contribution in [3.8, 4) is 0 Å². The summed E-state index contributed by atoms with van der Waals surface area (Å²) in [4.78, 5) is 36.6. The van der Waals surface area contributed by atoms with Gasteiger partial charge in [0, 0.05) is 20.1 Å². The van der Waals surface area contributed by atoms with Crippen LogP contribution < -0.4 is 5.32 Å². The van der Waals surface area contributed by atoms with E-state index in [-0.39, 0.29) is 6.54 Å². The number of barbiturate groups is 1. The number of amides is 4. The first-order valence-corrected chi connectivity index (χ1v) is 6.32. The van der Waals surface area contributed by atoms with E-state index in [1.54, 1.807) is 6.92 Å². The van der Waals surface area contributed by atoms with Gasteiger partial charge in [0.2, 0.25) is 11.8 Å². The van der Waals surface area contributed by atoms with Crippen LogP contribution in [0.3, 0.4) is 0 Å². The average molecular weight is 270 g/mol. The lowest BCUT2D eigenvalue weighted by Gasteiger charge is -2.35. The molecule has 0 radical (unpaired) electrons. The Hall–Kier alpha value is -1.47. The zero-order chi connectivity index (χ0) is 14.0. The summed E-state index contributed by atoms with van der Waals surface area (Å²) >= 11 is 0. The topological polar surface area (TPSA) is 84.9 Å². The summed E-state index contributed by atoms with van der Waals surface area (Å²) in [5, 5.41) is 2.21. The molecule has 7 nitrogen and oxygen atoms in total. The average Bonchev–Trinajstić information content (AvgIpc) is 2.84. The van der Waals surface area contributed by atoms with E-state index in [1.165, 1.54) is 7.11 Å². The highest BCUT2D eigenvalue weighted by atomic mass is 16.5. The fraction of sp³-hybridized carbons (Fsp3) is 0.750. The van der Waals surface area contributed by atoms with Gasteiger partial charge in [-0.15, -0.1) is 0 Å². The molecule has 19 heavy (non-hydrogen) atoms. The minimum atomic E-state index is -0.797. The van der Waals surface area contributed by atoms with Gasteiger partial charge in [0.05, 0.1) is 13.2 Å². The first-order valence-electron chi connectivity index (χ1n) is 6.32. The van der Waals surface area contributed by atoms with E-state index >= 15 is 0 Å². The second-order valence-electron chi connectivity index (χ2n) is 4.87. The predicted molar refractivity (Wildman–Crippen MR) is 64.2 cm³/mol. The Labute approximate surface area is 111 Å². The minimum absolute atomic E-state index is 0.109. The maximum Gasteiger partial charge on any atom is 0.330 e. The lowest BCUT2D eigenvalue weighted by Crippen LogP contribution is -2.61. The molecule has 2 rings (SSSR count). The SMILES string of the molecule is CCC1C(=O)NC(=O)N(CC2(OC)CCOC2)C1=O. The monoisotopic (exact) mass is 270 g/mol. The zero-order valence-electron chi connectivity index (χ0n) is 11.1. The highest BCUT2D eigenvalue weighted by molar-refractivity contribution is 6.16. The van der Waals surface area contributed by atoms with Crippen molar-refractivity contribution in [2.75, 3.05) is 26.9 Å². The minimum Gasteiger partial charge on any atom is -0.378 e. The molecule has 1 N–H and O–H groups in total. The molecule has 0 aliphatic carbocycles. The molecule has 106 valence electrons. The van der Waals surface area contributed by atoms with E-state index in [0.717, 1.165) is 4.90 Å². The standard InChI is InChI=1S/C12H18N2O5/c1-3-8-9(15)13-11(17)14(10(8)16)6-12(18-2)4-5-19-7-12/h8H,3-7H2,1-2H3,(H,13,15,17). The summed E-state index contributed by atoms with van der Waals surface area (Å²) < 4.78 is 10.7. The van der Waals surface area contributed by atoms with Crippen LogP contribution in [0.4, 0.5) is 4.79 Å². The Morgan fingerprint density at radius 3 is 2.74 bits per heavy atom. The molecule has 0 aromatic heterocycles. The molecule has 2 atom stereocenters. The number of imide groups is 2. The molecular formula is C12H18N2O5. The molecule has 0 spiro atoms. The molecule has 0 saturated carbocycles. The molecule has 0 aromatic rings. The van der Waals surface area contributed by atoms with Crippen LogP contribution in [0.5, 0.6) is 0 Å². The van der Waals surface area contributed by atoms with Crippen LogP contribution in [0, 0.1) is 5.92 Å². The van der Waals surface area contributed by atoms with Gasteiger partial charge < -0.3 is 9.47 Å². The fourth-order valence-electron chi connectivity index (χ4n) is 2.40. The molecule has 7 heteroatoms. The third kappa shape index (κ3) is 2.48. The Balaban J connectivity index is 2.16.